The number of carbonyl (C=O) groups is 1. The molecule has 0 saturated carbocycles. The molecule has 0 fully saturated rings. The first-order chi connectivity index (χ1) is 11.5. The number of oxazole rings is 1. The topological polar surface area (TPSA) is 72.6 Å². The van der Waals surface area contributed by atoms with E-state index in [1.807, 2.05) is 0 Å². The van der Waals surface area contributed by atoms with Crippen molar-refractivity contribution in [2.75, 3.05) is 6.61 Å². The van der Waals surface area contributed by atoms with Gasteiger partial charge in [0.15, 0.2) is 5.58 Å². The number of benzene rings is 2. The molecule has 7 heteroatoms. The van der Waals surface area contributed by atoms with Crippen molar-refractivity contribution in [3.8, 4) is 11.5 Å². The fourth-order valence-corrected chi connectivity index (χ4v) is 2.67. The number of fused-ring (bicyclic) bond motifs is 1. The predicted octanol–water partition coefficient (Wildman–Crippen LogP) is 4.34. The number of aromatic nitrogens is 1. The van der Waals surface area contributed by atoms with E-state index in [0.29, 0.717) is 38.2 Å². The van der Waals surface area contributed by atoms with E-state index < -0.39 is 12.1 Å². The van der Waals surface area contributed by atoms with Gasteiger partial charge in [-0.2, -0.15) is 0 Å². The summed E-state index contributed by atoms with van der Waals surface area (Å²) in [5.41, 5.74) is 1.98. The lowest BCUT2D eigenvalue weighted by Crippen LogP contribution is -2.18. The summed E-state index contributed by atoms with van der Waals surface area (Å²) in [5.74, 6) is -0.189. The van der Waals surface area contributed by atoms with Crippen LogP contribution < -0.4 is 0 Å². The lowest BCUT2D eigenvalue weighted by atomic mass is 10.2. The molecule has 0 bridgehead atoms. The van der Waals surface area contributed by atoms with E-state index in [-0.39, 0.29) is 6.61 Å². The van der Waals surface area contributed by atoms with Crippen LogP contribution >= 0.6 is 23.2 Å². The molecule has 3 rings (SSSR count). The number of ether oxygens (including phenoxy) is 1. The predicted molar refractivity (Wildman–Crippen MR) is 91.4 cm³/mol. The number of aliphatic hydroxyl groups excluding tert-OH is 1. The van der Waals surface area contributed by atoms with Gasteiger partial charge in [-0.25, -0.2) is 9.78 Å². The molecule has 1 N–H and O–H groups in total. The van der Waals surface area contributed by atoms with Gasteiger partial charge in [-0.1, -0.05) is 23.2 Å². The highest BCUT2D eigenvalue weighted by atomic mass is 35.5. The second-order valence-electron chi connectivity index (χ2n) is 5.26. The van der Waals surface area contributed by atoms with Crippen LogP contribution in [0.5, 0.6) is 0 Å². The van der Waals surface area contributed by atoms with Crippen LogP contribution in [0.25, 0.3) is 22.6 Å². The second-order valence-corrected chi connectivity index (χ2v) is 6.13. The van der Waals surface area contributed by atoms with Crippen LogP contribution in [0.3, 0.4) is 0 Å². The van der Waals surface area contributed by atoms with Crippen molar-refractivity contribution in [2.24, 2.45) is 0 Å². The van der Waals surface area contributed by atoms with E-state index in [1.54, 1.807) is 43.3 Å². The van der Waals surface area contributed by atoms with E-state index in [9.17, 15) is 4.79 Å². The Bertz CT molecular complexity index is 886. The number of esters is 1. The van der Waals surface area contributed by atoms with E-state index >= 15 is 0 Å². The second kappa shape index (κ2) is 6.81. The Balaban J connectivity index is 1.95. The fraction of sp³-hybridized carbons (Fsp3) is 0.176. The molecule has 124 valence electrons. The highest BCUT2D eigenvalue weighted by Gasteiger charge is 2.15. The van der Waals surface area contributed by atoms with Crippen molar-refractivity contribution in [1.82, 2.24) is 4.98 Å². The molecular weight excluding hydrogens is 353 g/mol. The van der Waals surface area contributed by atoms with Gasteiger partial charge in [-0.3, -0.25) is 0 Å². The zero-order valence-electron chi connectivity index (χ0n) is 12.6. The van der Waals surface area contributed by atoms with Crippen LogP contribution in [0.15, 0.2) is 40.8 Å². The van der Waals surface area contributed by atoms with Crippen LogP contribution in [-0.2, 0) is 4.74 Å². The molecule has 0 aliphatic heterocycles. The van der Waals surface area contributed by atoms with E-state index in [2.05, 4.69) is 4.98 Å². The molecule has 1 unspecified atom stereocenters. The average Bonchev–Trinajstić information content (AvgIpc) is 2.96. The molecule has 0 aliphatic rings. The van der Waals surface area contributed by atoms with Crippen molar-refractivity contribution in [1.29, 1.82) is 0 Å². The first-order valence-electron chi connectivity index (χ1n) is 7.15. The summed E-state index contributed by atoms with van der Waals surface area (Å²) in [7, 11) is 0. The molecule has 5 nitrogen and oxygen atoms in total. The Kier molecular flexibility index (Phi) is 4.76. The molecule has 24 heavy (non-hydrogen) atoms. The quantitative estimate of drug-likeness (QED) is 0.696. The van der Waals surface area contributed by atoms with Gasteiger partial charge in [0.1, 0.15) is 11.6 Å². The van der Waals surface area contributed by atoms with Crippen molar-refractivity contribution < 1.29 is 19.1 Å². The standard InChI is InChI=1S/C17H13Cl2NO4/c1-9(8-21)23-17(22)10-2-3-14-15(6-10)24-16(20-14)11-4-12(18)7-13(19)5-11/h2-7,9,21H,8H2,1H3. The zero-order valence-corrected chi connectivity index (χ0v) is 14.1. The van der Waals surface area contributed by atoms with Crippen LogP contribution in [-0.4, -0.2) is 28.8 Å². The normalized spacial score (nSPS) is 12.3. The Morgan fingerprint density at radius 1 is 1.25 bits per heavy atom. The van der Waals surface area contributed by atoms with Crippen LogP contribution in [0, 0.1) is 0 Å². The molecule has 0 radical (unpaired) electrons. The SMILES string of the molecule is CC(CO)OC(=O)c1ccc2nc(-c3cc(Cl)cc(Cl)c3)oc2c1. The summed E-state index contributed by atoms with van der Waals surface area (Å²) in [6.07, 6.45) is -0.577. The highest BCUT2D eigenvalue weighted by Crippen LogP contribution is 2.29. The van der Waals surface area contributed by atoms with Gasteiger partial charge < -0.3 is 14.3 Å². The Labute approximate surface area is 147 Å². The molecule has 1 atom stereocenters. The smallest absolute Gasteiger partial charge is 0.338 e. The van der Waals surface area contributed by atoms with Gasteiger partial charge in [0.25, 0.3) is 0 Å². The Morgan fingerprint density at radius 2 is 1.96 bits per heavy atom. The number of halogens is 2. The largest absolute Gasteiger partial charge is 0.457 e. The number of carbonyl (C=O) groups excluding carboxylic acids is 1. The fourth-order valence-electron chi connectivity index (χ4n) is 2.14. The number of hydrogen-bond donors (Lipinski definition) is 1. The maximum atomic E-state index is 12.0. The third-order valence-corrected chi connectivity index (χ3v) is 3.74. The van der Waals surface area contributed by atoms with Gasteiger partial charge in [0.05, 0.1) is 12.2 Å². The van der Waals surface area contributed by atoms with Crippen LogP contribution in [0.4, 0.5) is 0 Å². The summed E-state index contributed by atoms with van der Waals surface area (Å²) in [6.45, 7) is 1.36. The summed E-state index contributed by atoms with van der Waals surface area (Å²) in [4.78, 5) is 16.4. The first kappa shape index (κ1) is 16.8. The highest BCUT2D eigenvalue weighted by molar-refractivity contribution is 6.35. The lowest BCUT2D eigenvalue weighted by molar-refractivity contribution is 0.0197. The minimum absolute atomic E-state index is 0.240. The molecule has 0 spiro atoms. The average molecular weight is 366 g/mol. The molecule has 3 aromatic rings. The van der Waals surface area contributed by atoms with Crippen molar-refractivity contribution in [3.05, 3.63) is 52.0 Å². The Morgan fingerprint density at radius 3 is 2.62 bits per heavy atom. The molecular formula is C17H13Cl2NO4. The number of nitrogens with zero attached hydrogens (tertiary/aromatic N) is 1. The molecule has 2 aromatic carbocycles. The van der Waals surface area contributed by atoms with Crippen molar-refractivity contribution in [3.63, 3.8) is 0 Å². The van der Waals surface area contributed by atoms with Gasteiger partial charge in [0.2, 0.25) is 5.89 Å². The third-order valence-electron chi connectivity index (χ3n) is 3.30. The van der Waals surface area contributed by atoms with Crippen LogP contribution in [0.2, 0.25) is 10.0 Å². The lowest BCUT2D eigenvalue weighted by Gasteiger charge is -2.09. The van der Waals surface area contributed by atoms with Crippen molar-refractivity contribution in [2.45, 2.75) is 13.0 Å². The molecule has 1 aromatic heterocycles. The van der Waals surface area contributed by atoms with Gasteiger partial charge in [0, 0.05) is 15.6 Å². The minimum Gasteiger partial charge on any atom is -0.457 e. The minimum atomic E-state index is -0.577. The number of rotatable bonds is 4. The first-order valence-corrected chi connectivity index (χ1v) is 7.91. The maximum absolute atomic E-state index is 12.0. The van der Waals surface area contributed by atoms with Crippen molar-refractivity contribution >= 4 is 40.3 Å². The third kappa shape index (κ3) is 3.53. The number of aliphatic hydroxyl groups is 1. The van der Waals surface area contributed by atoms with Crippen LogP contribution in [0.1, 0.15) is 17.3 Å². The summed E-state index contributed by atoms with van der Waals surface area (Å²) < 4.78 is 10.8. The van der Waals surface area contributed by atoms with E-state index in [4.69, 9.17) is 37.5 Å². The van der Waals surface area contributed by atoms with Gasteiger partial charge in [-0.15, -0.1) is 0 Å². The number of hydrogen-bond acceptors (Lipinski definition) is 5. The maximum Gasteiger partial charge on any atom is 0.338 e. The summed E-state index contributed by atoms with van der Waals surface area (Å²) in [5, 5.41) is 9.90. The van der Waals surface area contributed by atoms with Gasteiger partial charge >= 0.3 is 5.97 Å². The zero-order chi connectivity index (χ0) is 17.3. The van der Waals surface area contributed by atoms with E-state index in [0.717, 1.165) is 0 Å². The molecule has 0 saturated heterocycles. The summed E-state index contributed by atoms with van der Waals surface area (Å²) in [6, 6.07) is 9.79. The van der Waals surface area contributed by atoms with Gasteiger partial charge in [-0.05, 0) is 43.3 Å². The summed E-state index contributed by atoms with van der Waals surface area (Å²) >= 11 is 12.0. The molecule has 0 amide bonds. The molecule has 0 aliphatic carbocycles. The monoisotopic (exact) mass is 365 g/mol. The van der Waals surface area contributed by atoms with E-state index in [1.165, 1.54) is 0 Å². The molecule has 1 heterocycles. The Hall–Kier alpha value is -2.08.